The molecule has 0 saturated heterocycles. The van der Waals surface area contributed by atoms with Crippen LogP contribution in [0.1, 0.15) is 5.82 Å². The van der Waals surface area contributed by atoms with Crippen molar-refractivity contribution in [3.8, 4) is 22.8 Å². The number of hydrogen-bond acceptors (Lipinski definition) is 5. The van der Waals surface area contributed by atoms with Crippen LogP contribution in [0.5, 0.6) is 11.5 Å². The molecule has 166 valence electrons. The van der Waals surface area contributed by atoms with Crippen molar-refractivity contribution in [1.29, 1.82) is 0 Å². The molecule has 4 aromatic rings. The van der Waals surface area contributed by atoms with Gasteiger partial charge in [0, 0.05) is 47.3 Å². The lowest BCUT2D eigenvalue weighted by Gasteiger charge is -2.14. The lowest BCUT2D eigenvalue weighted by Crippen LogP contribution is -2.17. The van der Waals surface area contributed by atoms with Crippen molar-refractivity contribution in [3.05, 3.63) is 82.7 Å². The summed E-state index contributed by atoms with van der Waals surface area (Å²) in [5.74, 6) is -1.28. The molecule has 0 radical (unpaired) electrons. The summed E-state index contributed by atoms with van der Waals surface area (Å²) in [6.07, 6.45) is 4.49. The number of fused-ring (bicyclic) bond motifs is 1. The monoisotopic (exact) mass is 459 g/mol. The fourth-order valence-electron chi connectivity index (χ4n) is 3.21. The number of hydrogen-bond donors (Lipinski definition) is 0. The summed E-state index contributed by atoms with van der Waals surface area (Å²) < 4.78 is 46.3. The number of pyridine rings is 1. The van der Waals surface area contributed by atoms with Crippen LogP contribution in [-0.2, 0) is 23.6 Å². The second kappa shape index (κ2) is 9.33. The molecule has 0 bridgehead atoms. The average molecular weight is 459 g/mol. The highest BCUT2D eigenvalue weighted by atomic mass is 32.2. The molecule has 10 heteroatoms. The summed E-state index contributed by atoms with van der Waals surface area (Å²) in [5.41, 5.74) is 0.669. The van der Waals surface area contributed by atoms with Crippen LogP contribution >= 0.6 is 0 Å². The van der Waals surface area contributed by atoms with E-state index < -0.39 is 22.4 Å². The Hall–Kier alpha value is -3.50. The standard InChI is InChI=1S/C22H17F2N3O3S.H2O/c1-27-11-16(14-5-3-4-6-15(14)22(27)28)21-19(10-25-20(26-21)12-31(2)29)30-18-8-7-13(23)9-17(18)24;/h3-11H,12H2,1-2H3;1H2. The van der Waals surface area contributed by atoms with Gasteiger partial charge in [0.2, 0.25) is 0 Å². The molecule has 1 atom stereocenters. The van der Waals surface area contributed by atoms with Gasteiger partial charge in [-0.15, -0.1) is 0 Å². The Kier molecular flexibility index (Phi) is 6.75. The molecule has 0 aliphatic carbocycles. The molecular weight excluding hydrogens is 440 g/mol. The smallest absolute Gasteiger partial charge is 0.258 e. The van der Waals surface area contributed by atoms with Gasteiger partial charge in [0.15, 0.2) is 17.3 Å². The van der Waals surface area contributed by atoms with Gasteiger partial charge in [-0.2, -0.15) is 0 Å². The van der Waals surface area contributed by atoms with E-state index in [-0.39, 0.29) is 28.3 Å². The zero-order chi connectivity index (χ0) is 22.1. The highest BCUT2D eigenvalue weighted by Gasteiger charge is 2.18. The van der Waals surface area contributed by atoms with E-state index in [1.54, 1.807) is 37.5 Å². The van der Waals surface area contributed by atoms with E-state index in [0.717, 1.165) is 6.07 Å². The lowest BCUT2D eigenvalue weighted by molar-refractivity contribution is 0.435. The zero-order valence-corrected chi connectivity index (χ0v) is 18.0. The Morgan fingerprint density at radius 3 is 2.50 bits per heavy atom. The SMILES string of the molecule is Cn1cc(-c2nc(CS(C)=O)ncc2Oc2ccc(F)cc2F)c2ccccc2c1=O.O. The Morgan fingerprint density at radius 2 is 1.81 bits per heavy atom. The first kappa shape index (κ1) is 23.2. The molecule has 4 rings (SSSR count). The van der Waals surface area contributed by atoms with Crippen molar-refractivity contribution < 1.29 is 23.2 Å². The summed E-state index contributed by atoms with van der Waals surface area (Å²) in [7, 11) is 0.423. The van der Waals surface area contributed by atoms with Crippen LogP contribution in [0.4, 0.5) is 8.78 Å². The van der Waals surface area contributed by atoms with Gasteiger partial charge in [0.05, 0.1) is 11.9 Å². The molecule has 0 fully saturated rings. The predicted octanol–water partition coefficient (Wildman–Crippen LogP) is 3.12. The number of rotatable bonds is 5. The molecule has 32 heavy (non-hydrogen) atoms. The summed E-state index contributed by atoms with van der Waals surface area (Å²) in [6.45, 7) is 0. The maximum atomic E-state index is 14.2. The Labute approximate surface area is 184 Å². The van der Waals surface area contributed by atoms with Gasteiger partial charge in [-0.3, -0.25) is 9.00 Å². The zero-order valence-electron chi connectivity index (χ0n) is 17.1. The minimum Gasteiger partial charge on any atom is -0.450 e. The molecule has 1 unspecified atom stereocenters. The van der Waals surface area contributed by atoms with E-state index in [2.05, 4.69) is 9.97 Å². The number of aryl methyl sites for hydroxylation is 1. The van der Waals surface area contributed by atoms with Gasteiger partial charge >= 0.3 is 0 Å². The number of halogens is 2. The molecule has 0 amide bonds. The highest BCUT2D eigenvalue weighted by Crippen LogP contribution is 2.35. The van der Waals surface area contributed by atoms with E-state index in [9.17, 15) is 17.8 Å². The second-order valence-electron chi connectivity index (χ2n) is 6.90. The summed E-state index contributed by atoms with van der Waals surface area (Å²) in [6, 6.07) is 9.97. The maximum Gasteiger partial charge on any atom is 0.258 e. The normalized spacial score (nSPS) is 11.8. The van der Waals surface area contributed by atoms with Gasteiger partial charge in [0.1, 0.15) is 17.3 Å². The van der Waals surface area contributed by atoms with Crippen molar-refractivity contribution in [2.24, 2.45) is 7.05 Å². The molecule has 2 aromatic carbocycles. The predicted molar refractivity (Wildman–Crippen MR) is 118 cm³/mol. The molecule has 2 heterocycles. The van der Waals surface area contributed by atoms with Crippen LogP contribution in [0.3, 0.4) is 0 Å². The number of ether oxygens (including phenoxy) is 1. The van der Waals surface area contributed by atoms with Crippen LogP contribution in [0.2, 0.25) is 0 Å². The first-order valence-corrected chi connectivity index (χ1v) is 10.9. The average Bonchev–Trinajstić information content (AvgIpc) is 2.73. The van der Waals surface area contributed by atoms with Crippen molar-refractivity contribution in [2.45, 2.75) is 5.75 Å². The Bertz CT molecular complexity index is 1390. The van der Waals surface area contributed by atoms with Crippen molar-refractivity contribution in [2.75, 3.05) is 6.26 Å². The third-order valence-electron chi connectivity index (χ3n) is 4.60. The van der Waals surface area contributed by atoms with Crippen molar-refractivity contribution in [1.82, 2.24) is 14.5 Å². The quantitative estimate of drug-likeness (QED) is 0.456. The van der Waals surface area contributed by atoms with Crippen LogP contribution in [0.25, 0.3) is 22.0 Å². The molecule has 7 nitrogen and oxygen atoms in total. The van der Waals surface area contributed by atoms with Gasteiger partial charge in [-0.25, -0.2) is 18.7 Å². The molecule has 0 aliphatic rings. The largest absolute Gasteiger partial charge is 0.450 e. The summed E-state index contributed by atoms with van der Waals surface area (Å²) >= 11 is 0. The molecule has 2 aromatic heterocycles. The van der Waals surface area contributed by atoms with Crippen LogP contribution in [-0.4, -0.2) is 30.5 Å². The molecular formula is C22H19F2N3O4S. The minimum absolute atomic E-state index is 0. The van der Waals surface area contributed by atoms with Gasteiger partial charge in [0.25, 0.3) is 5.56 Å². The van der Waals surface area contributed by atoms with Crippen LogP contribution in [0.15, 0.2) is 59.7 Å². The maximum absolute atomic E-state index is 14.2. The summed E-state index contributed by atoms with van der Waals surface area (Å²) in [5, 5.41) is 1.10. The fourth-order valence-corrected chi connectivity index (χ4v) is 3.71. The number of benzene rings is 2. The number of nitrogens with zero attached hydrogens (tertiary/aromatic N) is 3. The van der Waals surface area contributed by atoms with E-state index in [1.165, 1.54) is 23.1 Å². The fraction of sp³-hybridized carbons (Fsp3) is 0.136. The highest BCUT2D eigenvalue weighted by molar-refractivity contribution is 7.83. The minimum atomic E-state index is -1.19. The van der Waals surface area contributed by atoms with E-state index in [0.29, 0.717) is 33.9 Å². The molecule has 2 N–H and O–H groups in total. The second-order valence-corrected chi connectivity index (χ2v) is 8.33. The third kappa shape index (κ3) is 4.56. The number of aromatic nitrogens is 3. The Balaban J connectivity index is 0.00000289. The van der Waals surface area contributed by atoms with E-state index >= 15 is 0 Å². The molecule has 0 aliphatic heterocycles. The van der Waals surface area contributed by atoms with Crippen molar-refractivity contribution in [3.63, 3.8) is 0 Å². The molecule has 0 spiro atoms. The first-order valence-electron chi connectivity index (χ1n) is 9.21. The topological polar surface area (TPSA) is 106 Å². The van der Waals surface area contributed by atoms with Crippen LogP contribution in [0, 0.1) is 11.6 Å². The third-order valence-corrected chi connectivity index (χ3v) is 5.26. The lowest BCUT2D eigenvalue weighted by atomic mass is 10.0. The van der Waals surface area contributed by atoms with E-state index in [4.69, 9.17) is 4.74 Å². The van der Waals surface area contributed by atoms with Crippen molar-refractivity contribution >= 4 is 21.6 Å². The van der Waals surface area contributed by atoms with Gasteiger partial charge < -0.3 is 14.8 Å². The van der Waals surface area contributed by atoms with Gasteiger partial charge in [-0.1, -0.05) is 18.2 Å². The molecule has 0 saturated carbocycles. The Morgan fingerprint density at radius 1 is 1.09 bits per heavy atom. The van der Waals surface area contributed by atoms with Gasteiger partial charge in [-0.05, 0) is 23.6 Å². The first-order chi connectivity index (χ1) is 14.8. The van der Waals surface area contributed by atoms with E-state index in [1.807, 2.05) is 0 Å². The summed E-state index contributed by atoms with van der Waals surface area (Å²) in [4.78, 5) is 21.2. The van der Waals surface area contributed by atoms with Crippen LogP contribution < -0.4 is 10.3 Å².